The summed E-state index contributed by atoms with van der Waals surface area (Å²) in [5, 5.41) is 3.26. The fourth-order valence-electron chi connectivity index (χ4n) is 1.75. The lowest BCUT2D eigenvalue weighted by Crippen LogP contribution is -2.28. The molecule has 0 amide bonds. The van der Waals surface area contributed by atoms with Crippen LogP contribution in [0.3, 0.4) is 0 Å². The van der Waals surface area contributed by atoms with Gasteiger partial charge in [-0.15, -0.1) is 0 Å². The molecule has 5 nitrogen and oxygen atoms in total. The van der Waals surface area contributed by atoms with Crippen molar-refractivity contribution in [3.63, 3.8) is 0 Å². The van der Waals surface area contributed by atoms with Crippen LogP contribution in [-0.2, 0) is 16.1 Å². The molecule has 0 aromatic heterocycles. The van der Waals surface area contributed by atoms with Crippen molar-refractivity contribution in [3.05, 3.63) is 23.8 Å². The van der Waals surface area contributed by atoms with Crippen LogP contribution in [-0.4, -0.2) is 25.9 Å². The molecule has 1 N–H and O–H groups in total. The quantitative estimate of drug-likeness (QED) is 0.803. The second-order valence-electron chi connectivity index (χ2n) is 4.25. The first-order valence-corrected chi connectivity index (χ1v) is 5.88. The van der Waals surface area contributed by atoms with E-state index in [1.54, 1.807) is 0 Å². The molecule has 18 heavy (non-hydrogen) atoms. The number of rotatable bonds is 5. The zero-order valence-corrected chi connectivity index (χ0v) is 10.6. The summed E-state index contributed by atoms with van der Waals surface area (Å²) in [5.74, 6) is 1.34. The van der Waals surface area contributed by atoms with Gasteiger partial charge in [-0.3, -0.25) is 4.79 Å². The van der Waals surface area contributed by atoms with Gasteiger partial charge in [-0.1, -0.05) is 6.07 Å². The van der Waals surface area contributed by atoms with Gasteiger partial charge < -0.3 is 19.5 Å². The SMILES string of the molecule is COC(=O)C[C@H](C)NCc1ccc2c(c1)OCO2. The van der Waals surface area contributed by atoms with Crippen molar-refractivity contribution in [1.82, 2.24) is 5.32 Å². The van der Waals surface area contributed by atoms with E-state index in [0.717, 1.165) is 17.1 Å². The smallest absolute Gasteiger partial charge is 0.307 e. The Labute approximate surface area is 106 Å². The summed E-state index contributed by atoms with van der Waals surface area (Å²) in [7, 11) is 1.40. The van der Waals surface area contributed by atoms with Gasteiger partial charge in [0.25, 0.3) is 0 Å². The predicted octanol–water partition coefficient (Wildman–Crippen LogP) is 1.46. The first-order chi connectivity index (χ1) is 8.69. The van der Waals surface area contributed by atoms with Crippen molar-refractivity contribution in [3.8, 4) is 11.5 Å². The molecule has 5 heteroatoms. The van der Waals surface area contributed by atoms with Gasteiger partial charge in [-0.05, 0) is 24.6 Å². The number of carbonyl (C=O) groups excluding carboxylic acids is 1. The molecule has 1 aromatic rings. The van der Waals surface area contributed by atoms with E-state index in [4.69, 9.17) is 9.47 Å². The Morgan fingerprint density at radius 1 is 1.44 bits per heavy atom. The molecule has 98 valence electrons. The van der Waals surface area contributed by atoms with Gasteiger partial charge in [0.05, 0.1) is 13.5 Å². The summed E-state index contributed by atoms with van der Waals surface area (Å²) in [6.45, 7) is 2.91. The van der Waals surface area contributed by atoms with Crippen molar-refractivity contribution < 1.29 is 19.0 Å². The highest BCUT2D eigenvalue weighted by atomic mass is 16.7. The topological polar surface area (TPSA) is 56.8 Å². The summed E-state index contributed by atoms with van der Waals surface area (Å²) in [6.07, 6.45) is 0.362. The van der Waals surface area contributed by atoms with Gasteiger partial charge in [0, 0.05) is 12.6 Å². The average molecular weight is 251 g/mol. The average Bonchev–Trinajstić information content (AvgIpc) is 2.83. The monoisotopic (exact) mass is 251 g/mol. The van der Waals surface area contributed by atoms with Crippen molar-refractivity contribution in [2.75, 3.05) is 13.9 Å². The second kappa shape index (κ2) is 5.73. The summed E-state index contributed by atoms with van der Waals surface area (Å²) in [5.41, 5.74) is 1.09. The summed E-state index contributed by atoms with van der Waals surface area (Å²) < 4.78 is 15.2. The zero-order valence-electron chi connectivity index (χ0n) is 10.6. The molecule has 1 aromatic carbocycles. The van der Waals surface area contributed by atoms with Crippen molar-refractivity contribution in [2.24, 2.45) is 0 Å². The van der Waals surface area contributed by atoms with Crippen molar-refractivity contribution in [1.29, 1.82) is 0 Å². The van der Waals surface area contributed by atoms with Crippen LogP contribution in [0.4, 0.5) is 0 Å². The Kier molecular flexibility index (Phi) is 4.04. The molecular weight excluding hydrogens is 234 g/mol. The van der Waals surface area contributed by atoms with Gasteiger partial charge >= 0.3 is 5.97 Å². The third-order valence-electron chi connectivity index (χ3n) is 2.79. The summed E-state index contributed by atoms with van der Waals surface area (Å²) in [4.78, 5) is 11.1. The molecule has 0 aliphatic carbocycles. The van der Waals surface area contributed by atoms with E-state index in [2.05, 4.69) is 10.1 Å². The number of fused-ring (bicyclic) bond motifs is 1. The van der Waals surface area contributed by atoms with Crippen LogP contribution in [0.2, 0.25) is 0 Å². The highest BCUT2D eigenvalue weighted by Gasteiger charge is 2.14. The predicted molar refractivity (Wildman–Crippen MR) is 65.5 cm³/mol. The Balaban J connectivity index is 1.85. The highest BCUT2D eigenvalue weighted by Crippen LogP contribution is 2.32. The van der Waals surface area contributed by atoms with E-state index in [-0.39, 0.29) is 18.8 Å². The van der Waals surface area contributed by atoms with Crippen LogP contribution in [0.5, 0.6) is 11.5 Å². The first kappa shape index (κ1) is 12.7. The molecule has 0 saturated heterocycles. The molecule has 1 aliphatic rings. The van der Waals surface area contributed by atoms with E-state index in [1.807, 2.05) is 25.1 Å². The molecule has 0 unspecified atom stereocenters. The molecule has 0 fully saturated rings. The molecule has 2 rings (SSSR count). The normalized spacial score (nSPS) is 14.3. The fraction of sp³-hybridized carbons (Fsp3) is 0.462. The number of methoxy groups -OCH3 is 1. The minimum Gasteiger partial charge on any atom is -0.469 e. The molecular formula is C13H17NO4. The molecule has 1 heterocycles. The standard InChI is InChI=1S/C13H17NO4/c1-9(5-13(15)16-2)14-7-10-3-4-11-12(6-10)18-8-17-11/h3-4,6,9,14H,5,7-8H2,1-2H3/t9-/m0/s1. The highest BCUT2D eigenvalue weighted by molar-refractivity contribution is 5.69. The Hall–Kier alpha value is -1.75. The molecule has 1 atom stereocenters. The molecule has 0 spiro atoms. The van der Waals surface area contributed by atoms with E-state index in [0.29, 0.717) is 13.0 Å². The van der Waals surface area contributed by atoms with E-state index in [9.17, 15) is 4.79 Å². The Morgan fingerprint density at radius 2 is 2.22 bits per heavy atom. The maximum Gasteiger partial charge on any atom is 0.307 e. The van der Waals surface area contributed by atoms with Crippen molar-refractivity contribution in [2.45, 2.75) is 25.9 Å². The molecule has 0 bridgehead atoms. The zero-order chi connectivity index (χ0) is 13.0. The van der Waals surface area contributed by atoms with Crippen LogP contribution in [0.15, 0.2) is 18.2 Å². The minimum atomic E-state index is -0.208. The lowest BCUT2D eigenvalue weighted by Gasteiger charge is -2.12. The third kappa shape index (κ3) is 3.13. The molecule has 1 aliphatic heterocycles. The second-order valence-corrected chi connectivity index (χ2v) is 4.25. The number of hydrogen-bond donors (Lipinski definition) is 1. The van der Waals surface area contributed by atoms with Gasteiger partial charge in [0.2, 0.25) is 6.79 Å². The maximum absolute atomic E-state index is 11.1. The third-order valence-corrected chi connectivity index (χ3v) is 2.79. The number of nitrogens with one attached hydrogen (secondary N) is 1. The maximum atomic E-state index is 11.1. The lowest BCUT2D eigenvalue weighted by atomic mass is 10.1. The van der Waals surface area contributed by atoms with Crippen LogP contribution < -0.4 is 14.8 Å². The summed E-state index contributed by atoms with van der Waals surface area (Å²) >= 11 is 0. The number of hydrogen-bond acceptors (Lipinski definition) is 5. The Morgan fingerprint density at radius 3 is 3.00 bits per heavy atom. The van der Waals surface area contributed by atoms with E-state index >= 15 is 0 Å². The van der Waals surface area contributed by atoms with E-state index < -0.39 is 0 Å². The van der Waals surface area contributed by atoms with Crippen LogP contribution in [0, 0.1) is 0 Å². The number of ether oxygens (including phenoxy) is 3. The van der Waals surface area contributed by atoms with E-state index in [1.165, 1.54) is 7.11 Å². The molecule has 0 radical (unpaired) electrons. The van der Waals surface area contributed by atoms with Crippen LogP contribution in [0.25, 0.3) is 0 Å². The largest absolute Gasteiger partial charge is 0.469 e. The van der Waals surface area contributed by atoms with Crippen LogP contribution in [0.1, 0.15) is 18.9 Å². The molecule has 0 saturated carbocycles. The van der Waals surface area contributed by atoms with Gasteiger partial charge in [0.15, 0.2) is 11.5 Å². The van der Waals surface area contributed by atoms with Crippen molar-refractivity contribution >= 4 is 5.97 Å². The first-order valence-electron chi connectivity index (χ1n) is 5.88. The number of carbonyl (C=O) groups is 1. The van der Waals surface area contributed by atoms with Gasteiger partial charge in [-0.25, -0.2) is 0 Å². The van der Waals surface area contributed by atoms with Gasteiger partial charge in [0.1, 0.15) is 0 Å². The Bertz CT molecular complexity index is 433. The number of esters is 1. The van der Waals surface area contributed by atoms with Crippen LogP contribution >= 0.6 is 0 Å². The lowest BCUT2D eigenvalue weighted by molar-refractivity contribution is -0.141. The summed E-state index contributed by atoms with van der Waals surface area (Å²) in [6, 6.07) is 5.89. The minimum absolute atomic E-state index is 0.0721. The number of benzene rings is 1. The van der Waals surface area contributed by atoms with Gasteiger partial charge in [-0.2, -0.15) is 0 Å². The fourth-order valence-corrected chi connectivity index (χ4v) is 1.75.